The van der Waals surface area contributed by atoms with Crippen LogP contribution >= 0.6 is 0 Å². The van der Waals surface area contributed by atoms with E-state index in [1.807, 2.05) is 0 Å². The number of nitrogens with one attached hydrogen (secondary N) is 1. The highest BCUT2D eigenvalue weighted by Crippen LogP contribution is 2.36. The van der Waals surface area contributed by atoms with Crippen molar-refractivity contribution in [2.75, 3.05) is 31.6 Å². The zero-order valence-corrected chi connectivity index (χ0v) is 17.4. The molecule has 11 nitrogen and oxygen atoms in total. The lowest BCUT2D eigenvalue weighted by Gasteiger charge is -2.26. The number of hydrogen-bond acceptors (Lipinski definition) is 7. The van der Waals surface area contributed by atoms with Gasteiger partial charge in [-0.15, -0.1) is 0 Å². The number of morpholine rings is 1. The maximum absolute atomic E-state index is 13.0. The van der Waals surface area contributed by atoms with E-state index in [1.54, 1.807) is 0 Å². The minimum atomic E-state index is -5.06. The molecule has 1 aliphatic heterocycles. The fourth-order valence-electron chi connectivity index (χ4n) is 3.08. The molecule has 0 bridgehead atoms. The predicted molar refractivity (Wildman–Crippen MR) is 103 cm³/mol. The SMILES string of the molecule is Cc1c([N+](=O)[O-])c(C(F)(F)F)nn1CC(=O)Nc1ccc(S(=O)(=O)N2CCOCC2)cc1. The van der Waals surface area contributed by atoms with Gasteiger partial charge in [0.15, 0.2) is 0 Å². The average molecular weight is 477 g/mol. The van der Waals surface area contributed by atoms with Gasteiger partial charge in [0.2, 0.25) is 21.6 Å². The number of nitro groups is 1. The number of nitrogens with zero attached hydrogens (tertiary/aromatic N) is 4. The minimum Gasteiger partial charge on any atom is -0.379 e. The topological polar surface area (TPSA) is 137 Å². The van der Waals surface area contributed by atoms with Crippen LogP contribution in [0.2, 0.25) is 0 Å². The van der Waals surface area contributed by atoms with Gasteiger partial charge in [-0.25, -0.2) is 8.42 Å². The van der Waals surface area contributed by atoms with Crippen molar-refractivity contribution in [2.45, 2.75) is 24.5 Å². The Kier molecular flexibility index (Phi) is 6.52. The Balaban J connectivity index is 1.73. The summed E-state index contributed by atoms with van der Waals surface area (Å²) >= 11 is 0. The summed E-state index contributed by atoms with van der Waals surface area (Å²) in [6.45, 7) is 1.35. The minimum absolute atomic E-state index is 0.00534. The molecule has 15 heteroatoms. The van der Waals surface area contributed by atoms with E-state index < -0.39 is 50.7 Å². The number of sulfonamides is 1. The molecule has 1 N–H and O–H groups in total. The molecule has 0 unspecified atom stereocenters. The van der Waals surface area contributed by atoms with Gasteiger partial charge < -0.3 is 10.1 Å². The summed E-state index contributed by atoms with van der Waals surface area (Å²) in [6, 6.07) is 5.22. The molecule has 174 valence electrons. The molecule has 2 aromatic rings. The second-order valence-electron chi connectivity index (χ2n) is 6.78. The maximum atomic E-state index is 13.0. The number of carbonyl (C=O) groups excluding carboxylic acids is 1. The number of rotatable bonds is 6. The Morgan fingerprint density at radius 3 is 2.34 bits per heavy atom. The summed E-state index contributed by atoms with van der Waals surface area (Å²) < 4.78 is 71.2. The zero-order chi connectivity index (χ0) is 23.7. The number of amides is 1. The first-order valence-electron chi connectivity index (χ1n) is 9.18. The first-order valence-corrected chi connectivity index (χ1v) is 10.6. The van der Waals surface area contributed by atoms with E-state index >= 15 is 0 Å². The van der Waals surface area contributed by atoms with Crippen molar-refractivity contribution >= 4 is 27.3 Å². The monoisotopic (exact) mass is 477 g/mol. The van der Waals surface area contributed by atoms with Crippen LogP contribution in [-0.2, 0) is 32.3 Å². The molecule has 32 heavy (non-hydrogen) atoms. The lowest BCUT2D eigenvalue weighted by atomic mass is 10.3. The quantitative estimate of drug-likeness (QED) is 0.495. The highest BCUT2D eigenvalue weighted by molar-refractivity contribution is 7.89. The Morgan fingerprint density at radius 2 is 1.84 bits per heavy atom. The van der Waals surface area contributed by atoms with Crippen LogP contribution in [0, 0.1) is 17.0 Å². The van der Waals surface area contributed by atoms with E-state index in [2.05, 4.69) is 10.4 Å². The van der Waals surface area contributed by atoms with E-state index in [1.165, 1.54) is 28.6 Å². The third-order valence-corrected chi connectivity index (χ3v) is 6.58. The van der Waals surface area contributed by atoms with Crippen LogP contribution < -0.4 is 5.32 Å². The van der Waals surface area contributed by atoms with Gasteiger partial charge in [0.05, 0.1) is 23.0 Å². The van der Waals surface area contributed by atoms with E-state index in [0.29, 0.717) is 4.68 Å². The standard InChI is InChI=1S/C17H18F3N5O6S/c1-11-15(25(27)28)16(17(18,19)20)22-24(11)10-14(26)21-12-2-4-13(5-3-12)32(29,30)23-6-8-31-9-7-23/h2-5H,6-10H2,1H3,(H,21,26). The largest absolute Gasteiger partial charge is 0.442 e. The van der Waals surface area contributed by atoms with Crippen molar-refractivity contribution in [2.24, 2.45) is 0 Å². The normalized spacial score (nSPS) is 15.5. The van der Waals surface area contributed by atoms with Gasteiger partial charge in [0.25, 0.3) is 0 Å². The summed E-state index contributed by atoms with van der Waals surface area (Å²) in [4.78, 5) is 22.0. The number of hydrogen-bond donors (Lipinski definition) is 1. The molecule has 0 aliphatic carbocycles. The number of aromatic nitrogens is 2. The van der Waals surface area contributed by atoms with Gasteiger partial charge in [-0.05, 0) is 31.2 Å². The van der Waals surface area contributed by atoms with Crippen molar-refractivity contribution in [3.05, 3.63) is 45.8 Å². The highest BCUT2D eigenvalue weighted by Gasteiger charge is 2.44. The third-order valence-electron chi connectivity index (χ3n) is 4.67. The van der Waals surface area contributed by atoms with Crippen molar-refractivity contribution < 1.29 is 36.0 Å². The number of benzene rings is 1. The second-order valence-corrected chi connectivity index (χ2v) is 8.72. The fraction of sp³-hybridized carbons (Fsp3) is 0.412. The number of halogens is 3. The number of alkyl halides is 3. The van der Waals surface area contributed by atoms with Crippen molar-refractivity contribution in [1.29, 1.82) is 0 Å². The fourth-order valence-corrected chi connectivity index (χ4v) is 4.49. The van der Waals surface area contributed by atoms with Gasteiger partial charge in [-0.2, -0.15) is 22.6 Å². The zero-order valence-electron chi connectivity index (χ0n) is 16.6. The molecule has 0 saturated carbocycles. The molecule has 1 fully saturated rings. The number of carbonyl (C=O) groups is 1. The molecular formula is C17H18F3N5O6S. The molecule has 1 aromatic carbocycles. The Morgan fingerprint density at radius 1 is 1.25 bits per heavy atom. The van der Waals surface area contributed by atoms with Gasteiger partial charge in [-0.3, -0.25) is 19.6 Å². The van der Waals surface area contributed by atoms with Crippen LogP contribution in [0.4, 0.5) is 24.5 Å². The molecule has 0 radical (unpaired) electrons. The van der Waals surface area contributed by atoms with Gasteiger partial charge in [0, 0.05) is 18.8 Å². The van der Waals surface area contributed by atoms with Crippen LogP contribution in [0.3, 0.4) is 0 Å². The third kappa shape index (κ3) is 4.89. The van der Waals surface area contributed by atoms with E-state index in [9.17, 15) is 36.5 Å². The summed E-state index contributed by atoms with van der Waals surface area (Å²) in [7, 11) is -3.73. The number of ether oxygens (including phenoxy) is 1. The van der Waals surface area contributed by atoms with Crippen molar-refractivity contribution in [1.82, 2.24) is 14.1 Å². The Bertz CT molecular complexity index is 1120. The Hall–Kier alpha value is -3.04. The van der Waals surface area contributed by atoms with Gasteiger partial charge in [-0.1, -0.05) is 0 Å². The highest BCUT2D eigenvalue weighted by atomic mass is 32.2. The molecule has 1 amide bonds. The molecule has 3 rings (SSSR count). The summed E-state index contributed by atoms with van der Waals surface area (Å²) in [6.07, 6.45) is -5.06. The molecule has 1 saturated heterocycles. The molecule has 1 aromatic heterocycles. The molecule has 2 heterocycles. The average Bonchev–Trinajstić information content (AvgIpc) is 3.05. The van der Waals surface area contributed by atoms with Gasteiger partial charge in [0.1, 0.15) is 12.2 Å². The lowest BCUT2D eigenvalue weighted by molar-refractivity contribution is -0.388. The van der Waals surface area contributed by atoms with Crippen LogP contribution in [0.25, 0.3) is 0 Å². The van der Waals surface area contributed by atoms with Crippen molar-refractivity contribution in [3.8, 4) is 0 Å². The van der Waals surface area contributed by atoms with Gasteiger partial charge >= 0.3 is 11.9 Å². The first-order chi connectivity index (χ1) is 14.9. The van der Waals surface area contributed by atoms with E-state index in [0.717, 1.165) is 6.92 Å². The molecular weight excluding hydrogens is 459 g/mol. The van der Waals surface area contributed by atoms with E-state index in [-0.39, 0.29) is 36.9 Å². The van der Waals surface area contributed by atoms with Crippen LogP contribution in [0.15, 0.2) is 29.2 Å². The summed E-state index contributed by atoms with van der Waals surface area (Å²) in [5.41, 5.74) is -3.15. The smallest absolute Gasteiger partial charge is 0.379 e. The molecule has 1 aliphatic rings. The lowest BCUT2D eigenvalue weighted by Crippen LogP contribution is -2.40. The van der Waals surface area contributed by atoms with E-state index in [4.69, 9.17) is 4.74 Å². The predicted octanol–water partition coefficient (Wildman–Crippen LogP) is 1.78. The number of anilines is 1. The first kappa shape index (κ1) is 23.6. The van der Waals surface area contributed by atoms with Crippen molar-refractivity contribution in [3.63, 3.8) is 0 Å². The Labute approximate surface area is 180 Å². The summed E-state index contributed by atoms with van der Waals surface area (Å²) in [5.74, 6) is -0.803. The second kappa shape index (κ2) is 8.84. The molecule has 0 spiro atoms. The van der Waals surface area contributed by atoms with Crippen LogP contribution in [0.1, 0.15) is 11.4 Å². The van der Waals surface area contributed by atoms with Crippen LogP contribution in [-0.4, -0.2) is 59.6 Å². The van der Waals surface area contributed by atoms with Crippen LogP contribution in [0.5, 0.6) is 0 Å². The molecule has 0 atom stereocenters. The maximum Gasteiger partial charge on any atom is 0.442 e. The summed E-state index contributed by atoms with van der Waals surface area (Å²) in [5, 5.41) is 16.6.